The van der Waals surface area contributed by atoms with Crippen molar-refractivity contribution >= 4 is 11.8 Å². The maximum absolute atomic E-state index is 5.34. The molecule has 0 saturated carbocycles. The van der Waals surface area contributed by atoms with Crippen LogP contribution in [0, 0.1) is 0 Å². The van der Waals surface area contributed by atoms with E-state index >= 15 is 0 Å². The molecular weight excluding hydrogens is 328 g/mol. The van der Waals surface area contributed by atoms with E-state index in [2.05, 4.69) is 25.3 Å². The molecule has 24 heavy (non-hydrogen) atoms. The molecule has 1 unspecified atom stereocenters. The highest BCUT2D eigenvalue weighted by atomic mass is 32.2. The molecule has 3 aromatic heterocycles. The molecule has 0 aliphatic carbocycles. The Bertz CT molecular complexity index is 798. The normalized spacial score (nSPS) is 12.5. The zero-order chi connectivity index (χ0) is 17.1. The summed E-state index contributed by atoms with van der Waals surface area (Å²) in [5, 5.41) is 12.8. The highest BCUT2D eigenvalue weighted by molar-refractivity contribution is 7.99. The third kappa shape index (κ3) is 3.40. The lowest BCUT2D eigenvalue weighted by molar-refractivity contribution is 0.373. The third-order valence-corrected chi connectivity index (χ3v) is 4.37. The molecule has 0 fully saturated rings. The number of methoxy groups -OCH3 is 1. The Morgan fingerprint density at radius 3 is 2.71 bits per heavy atom. The van der Waals surface area contributed by atoms with Gasteiger partial charge in [0.25, 0.3) is 0 Å². The van der Waals surface area contributed by atoms with Gasteiger partial charge in [0.2, 0.25) is 11.8 Å². The summed E-state index contributed by atoms with van der Waals surface area (Å²) in [6, 6.07) is 3.69. The number of hydrogen-bond acceptors (Lipinski definition) is 8. The van der Waals surface area contributed by atoms with Crippen LogP contribution in [0.25, 0.3) is 5.69 Å². The van der Waals surface area contributed by atoms with Gasteiger partial charge in [-0.1, -0.05) is 30.8 Å². The molecule has 0 saturated heterocycles. The predicted octanol–water partition coefficient (Wildman–Crippen LogP) is 3.03. The summed E-state index contributed by atoms with van der Waals surface area (Å²) in [5.74, 6) is 2.07. The van der Waals surface area contributed by atoms with Gasteiger partial charge in [0, 0.05) is 12.0 Å². The van der Waals surface area contributed by atoms with Crippen molar-refractivity contribution in [3.63, 3.8) is 0 Å². The zero-order valence-electron chi connectivity index (χ0n) is 13.9. The number of pyridine rings is 1. The van der Waals surface area contributed by atoms with Gasteiger partial charge >= 0.3 is 0 Å². The Hall–Kier alpha value is -2.42. The summed E-state index contributed by atoms with van der Waals surface area (Å²) < 4.78 is 12.3. The number of hydrogen-bond donors (Lipinski definition) is 0. The van der Waals surface area contributed by atoms with E-state index in [4.69, 9.17) is 9.26 Å². The Morgan fingerprint density at radius 1 is 1.25 bits per heavy atom. The maximum Gasteiger partial charge on any atom is 0.239 e. The molecule has 0 aromatic carbocycles. The lowest BCUT2D eigenvalue weighted by atomic mass is 10.2. The van der Waals surface area contributed by atoms with Crippen molar-refractivity contribution in [2.45, 2.75) is 37.1 Å². The molecule has 0 bridgehead atoms. The van der Waals surface area contributed by atoms with E-state index in [1.54, 1.807) is 25.7 Å². The molecule has 8 nitrogen and oxygen atoms in total. The van der Waals surface area contributed by atoms with Crippen molar-refractivity contribution in [2.75, 3.05) is 7.11 Å². The van der Waals surface area contributed by atoms with Crippen molar-refractivity contribution in [3.05, 3.63) is 36.4 Å². The molecule has 0 radical (unpaired) electrons. The summed E-state index contributed by atoms with van der Waals surface area (Å²) >= 11 is 1.49. The van der Waals surface area contributed by atoms with Gasteiger partial charge in [-0.3, -0.25) is 4.57 Å². The van der Waals surface area contributed by atoms with E-state index in [1.807, 2.05) is 31.4 Å². The second-order valence-electron chi connectivity index (χ2n) is 5.45. The Balaban J connectivity index is 1.79. The first-order valence-corrected chi connectivity index (χ1v) is 8.37. The van der Waals surface area contributed by atoms with E-state index in [1.165, 1.54) is 11.8 Å². The molecule has 3 rings (SSSR count). The Labute approximate surface area is 143 Å². The standard InChI is InChI=1S/C15H18N6O2S/c1-9(2)13-18-14(23-20-13)10(3)24-15-19-17-8-21(15)11-5-6-12(22-4)16-7-11/h5-10H,1-4H3. The Kier molecular flexibility index (Phi) is 4.79. The quantitative estimate of drug-likeness (QED) is 0.629. The molecular formula is C15H18N6O2S. The molecule has 1 atom stereocenters. The molecule has 0 aliphatic heterocycles. The molecule has 126 valence electrons. The highest BCUT2D eigenvalue weighted by Crippen LogP contribution is 2.34. The minimum absolute atomic E-state index is 0.0424. The van der Waals surface area contributed by atoms with E-state index in [0.29, 0.717) is 17.6 Å². The first-order valence-electron chi connectivity index (χ1n) is 7.49. The topological polar surface area (TPSA) is 91.8 Å². The number of ether oxygens (including phenoxy) is 1. The van der Waals surface area contributed by atoms with Crippen LogP contribution in [0.5, 0.6) is 5.88 Å². The van der Waals surface area contributed by atoms with E-state index < -0.39 is 0 Å². The zero-order valence-corrected chi connectivity index (χ0v) is 14.7. The van der Waals surface area contributed by atoms with Crippen molar-refractivity contribution in [2.24, 2.45) is 0 Å². The fourth-order valence-corrected chi connectivity index (χ4v) is 2.85. The summed E-state index contributed by atoms with van der Waals surface area (Å²) in [7, 11) is 1.58. The van der Waals surface area contributed by atoms with Crippen molar-refractivity contribution in [3.8, 4) is 11.6 Å². The fraction of sp³-hybridized carbons (Fsp3) is 0.400. The largest absolute Gasteiger partial charge is 0.481 e. The summed E-state index contributed by atoms with van der Waals surface area (Å²) in [6.07, 6.45) is 3.35. The minimum Gasteiger partial charge on any atom is -0.481 e. The highest BCUT2D eigenvalue weighted by Gasteiger charge is 2.20. The van der Waals surface area contributed by atoms with Crippen LogP contribution in [-0.2, 0) is 0 Å². The first kappa shape index (κ1) is 16.4. The lowest BCUT2D eigenvalue weighted by Gasteiger charge is -2.08. The van der Waals surface area contributed by atoms with Crippen LogP contribution in [0.15, 0.2) is 34.3 Å². The second-order valence-corrected chi connectivity index (χ2v) is 6.76. The molecule has 0 spiro atoms. The predicted molar refractivity (Wildman–Crippen MR) is 88.4 cm³/mol. The fourth-order valence-electron chi connectivity index (χ4n) is 1.97. The molecule has 3 heterocycles. The van der Waals surface area contributed by atoms with Gasteiger partial charge in [0.15, 0.2) is 11.0 Å². The van der Waals surface area contributed by atoms with Crippen LogP contribution in [0.4, 0.5) is 0 Å². The average Bonchev–Trinajstić information content (AvgIpc) is 3.24. The maximum atomic E-state index is 5.34. The number of nitrogens with zero attached hydrogens (tertiary/aromatic N) is 6. The van der Waals surface area contributed by atoms with Crippen LogP contribution < -0.4 is 4.74 Å². The lowest BCUT2D eigenvalue weighted by Crippen LogP contribution is -1.99. The monoisotopic (exact) mass is 346 g/mol. The van der Waals surface area contributed by atoms with E-state index in [0.717, 1.165) is 10.8 Å². The van der Waals surface area contributed by atoms with E-state index in [-0.39, 0.29) is 11.2 Å². The average molecular weight is 346 g/mol. The van der Waals surface area contributed by atoms with Crippen LogP contribution in [-0.4, -0.2) is 37.0 Å². The van der Waals surface area contributed by atoms with Gasteiger partial charge in [-0.15, -0.1) is 10.2 Å². The number of aromatic nitrogens is 6. The van der Waals surface area contributed by atoms with Crippen LogP contribution in [0.2, 0.25) is 0 Å². The SMILES string of the molecule is COc1ccc(-n2cnnc2SC(C)c2nc(C(C)C)no2)cn1. The molecule has 0 aliphatic rings. The third-order valence-electron chi connectivity index (χ3n) is 3.33. The Morgan fingerprint density at radius 2 is 2.08 bits per heavy atom. The van der Waals surface area contributed by atoms with Crippen LogP contribution in [0.1, 0.15) is 43.7 Å². The van der Waals surface area contributed by atoms with Gasteiger partial charge in [0.1, 0.15) is 6.33 Å². The molecule has 3 aromatic rings. The van der Waals surface area contributed by atoms with Crippen molar-refractivity contribution < 1.29 is 9.26 Å². The van der Waals surface area contributed by atoms with E-state index in [9.17, 15) is 0 Å². The van der Waals surface area contributed by atoms with Gasteiger partial charge < -0.3 is 9.26 Å². The summed E-state index contributed by atoms with van der Waals surface area (Å²) in [5.41, 5.74) is 0.851. The van der Waals surface area contributed by atoms with Crippen molar-refractivity contribution in [1.82, 2.24) is 29.9 Å². The van der Waals surface area contributed by atoms with Gasteiger partial charge in [-0.2, -0.15) is 4.98 Å². The smallest absolute Gasteiger partial charge is 0.239 e. The molecule has 9 heteroatoms. The molecule has 0 N–H and O–H groups in total. The second kappa shape index (κ2) is 7.00. The summed E-state index contributed by atoms with van der Waals surface area (Å²) in [6.45, 7) is 6.05. The van der Waals surface area contributed by atoms with Crippen molar-refractivity contribution in [1.29, 1.82) is 0 Å². The molecule has 0 amide bonds. The first-order chi connectivity index (χ1) is 11.6. The minimum atomic E-state index is -0.0424. The van der Waals surface area contributed by atoms with Gasteiger partial charge in [-0.25, -0.2) is 4.98 Å². The van der Waals surface area contributed by atoms with Gasteiger partial charge in [-0.05, 0) is 13.0 Å². The van der Waals surface area contributed by atoms with Crippen LogP contribution in [0.3, 0.4) is 0 Å². The summed E-state index contributed by atoms with van der Waals surface area (Å²) in [4.78, 5) is 8.64. The number of thioether (sulfide) groups is 1. The van der Waals surface area contributed by atoms with Gasteiger partial charge in [0.05, 0.1) is 24.2 Å². The number of rotatable bonds is 6. The van der Waals surface area contributed by atoms with Crippen LogP contribution >= 0.6 is 11.8 Å².